The van der Waals surface area contributed by atoms with E-state index < -0.39 is 279 Å². The van der Waals surface area contributed by atoms with Gasteiger partial charge in [-0.05, 0) is 92.9 Å². The largest absolute Gasteiger partial charge is 0.508 e. The number of unbranched alkanes of at least 4 members (excludes halogenated alkanes) is 2. The summed E-state index contributed by atoms with van der Waals surface area (Å²) < 4.78 is 1.41. The number of aromatic amines is 2. The van der Waals surface area contributed by atoms with Crippen LogP contribution in [0, 0.1) is 0 Å². The number of phenolic OH excluding ortho intramolecular Hbond substituents is 1. The molecule has 16 amide bonds. The van der Waals surface area contributed by atoms with Crippen LogP contribution in [-0.4, -0.2) is 338 Å². The van der Waals surface area contributed by atoms with Gasteiger partial charge in [0.15, 0.2) is 0 Å². The number of nitrogens with zero attached hydrogens (tertiary/aromatic N) is 7. The van der Waals surface area contributed by atoms with E-state index in [0.717, 1.165) is 43.3 Å². The number of aliphatic hydroxyl groups is 1. The van der Waals surface area contributed by atoms with Crippen molar-refractivity contribution >= 4 is 146 Å². The van der Waals surface area contributed by atoms with Gasteiger partial charge in [0.1, 0.15) is 96.9 Å². The first-order valence-electron chi connectivity index (χ1n) is 45.1. The number of aromatic nitrogens is 4. The minimum absolute atomic E-state index is 0.0575. The maximum atomic E-state index is 15.9. The van der Waals surface area contributed by atoms with Crippen LogP contribution < -0.4 is 70.4 Å². The van der Waals surface area contributed by atoms with E-state index in [1.165, 1.54) is 68.6 Å². The lowest BCUT2D eigenvalue weighted by Gasteiger charge is -2.36. The highest BCUT2D eigenvalue weighted by Gasteiger charge is 2.47. The molecule has 0 bridgehead atoms. The third kappa shape index (κ3) is 29.2. The molecule has 46 nitrogen and oxygen atoms in total. The van der Waals surface area contributed by atoms with Gasteiger partial charge in [-0.3, -0.25) is 91.1 Å². The van der Waals surface area contributed by atoms with Crippen LogP contribution in [0.4, 0.5) is 0 Å². The molecule has 47 heteroatoms. The van der Waals surface area contributed by atoms with Crippen LogP contribution in [0.15, 0.2) is 97.7 Å². The summed E-state index contributed by atoms with van der Waals surface area (Å²) in [6, 6.07) is -4.34. The second kappa shape index (κ2) is 50.5. The number of fused-ring (bicyclic) bond motifs is 4. The van der Waals surface area contributed by atoms with Gasteiger partial charge in [-0.1, -0.05) is 88.1 Å². The number of aromatic hydroxyl groups is 1. The van der Waals surface area contributed by atoms with Crippen LogP contribution in [0.1, 0.15) is 127 Å². The van der Waals surface area contributed by atoms with Crippen LogP contribution in [0.2, 0.25) is 0 Å². The lowest BCUT2D eigenvalue weighted by molar-refractivity contribution is -0.149. The summed E-state index contributed by atoms with van der Waals surface area (Å²) in [7, 11) is 3.75. The molecule has 742 valence electrons. The van der Waals surface area contributed by atoms with Crippen molar-refractivity contribution in [2.75, 3.05) is 65.4 Å². The van der Waals surface area contributed by atoms with E-state index in [4.69, 9.17) is 17.2 Å². The molecule has 3 aliphatic heterocycles. The molecule has 15 atom stereocenters. The number of carboxylic acid groups (broad SMARTS) is 3. The number of hydrogen-bond acceptors (Lipinski definition) is 25. The lowest BCUT2D eigenvalue weighted by atomic mass is 10.00. The van der Waals surface area contributed by atoms with Gasteiger partial charge < -0.3 is 135 Å². The van der Waals surface area contributed by atoms with Gasteiger partial charge in [0, 0.05) is 125 Å². The number of thioether (sulfide) groups is 1. The fourth-order valence-corrected chi connectivity index (χ4v) is 17.6. The Balaban J connectivity index is 1.11. The summed E-state index contributed by atoms with van der Waals surface area (Å²) in [5, 5.41) is 78.8. The average molecular weight is 1930 g/mol. The van der Waals surface area contributed by atoms with Crippen LogP contribution in [0.3, 0.4) is 0 Å². The standard InChI is InChI=1S/C90H122N22O24S/c1-7-9-19-68-83(129)105-65(38-92)82(128)106-66(78(124)96-41-72(93)115)45-137-46-73(116)98-62(32-49-23-25-53(113)26-24-49)86(132)107(4)48(3)77(123)103-64(37-75(119)120)89(135)111-31-15-22-69(111)84(130)102-61(35-52-40-94-47-97-52)81(127)100-59(27-28-74(117)118)88(134)112-43-54(114)36-71(112)85(131)101-60(33-50-39-95-57-18-13-11-16-55(50)57)80(126)99-58(29-30-91)79(125)104-63(87(133)109(6)70(20-10-8-2)90(136)108(68)5)34-51-42-110(44-76(121)122)67-21-14-12-17-56(51)67/h11-14,16-18,21,23-26,39-40,42,47-48,54,58-66,68-71,95,113-114H,7-10,15,19-20,22,27-38,41,43-46,91-92H2,1-6H3,(H2,93,115)(H,94,97)(H,96,124)(H,98,116)(H,99,126)(H,100,127)(H,101,131)(H,102,130)(H,103,123)(H,104,125)(H,105,129)(H,106,128)(H,117,118)(H,119,120)(H,121,122)/t48-,54+,58-,59-,60-,61-,62-,63-,64+,65-,66-,68-,69-,70-,71-/m0/s1. The summed E-state index contributed by atoms with van der Waals surface area (Å²) in [6.07, 6.45) is 0.470. The molecule has 0 unspecified atom stereocenters. The van der Waals surface area contributed by atoms with Crippen molar-refractivity contribution in [1.82, 2.24) is 97.2 Å². The van der Waals surface area contributed by atoms with Gasteiger partial charge in [-0.15, -0.1) is 11.8 Å². The highest BCUT2D eigenvalue weighted by molar-refractivity contribution is 8.00. The van der Waals surface area contributed by atoms with Crippen molar-refractivity contribution in [1.29, 1.82) is 0 Å². The highest BCUT2D eigenvalue weighted by Crippen LogP contribution is 2.29. The fourth-order valence-electron chi connectivity index (χ4n) is 16.7. The van der Waals surface area contributed by atoms with E-state index in [1.54, 1.807) is 61.7 Å². The summed E-state index contributed by atoms with van der Waals surface area (Å²) in [4.78, 5) is 289. The number of rotatable bonds is 27. The van der Waals surface area contributed by atoms with E-state index in [9.17, 15) is 83.1 Å². The number of primary amides is 1. The van der Waals surface area contributed by atoms with Crippen molar-refractivity contribution in [2.24, 2.45) is 17.2 Å². The number of phenols is 1. The van der Waals surface area contributed by atoms with E-state index in [0.29, 0.717) is 51.3 Å². The molecule has 23 N–H and O–H groups in total. The van der Waals surface area contributed by atoms with Crippen molar-refractivity contribution in [3.8, 4) is 5.75 Å². The number of amides is 16. The Morgan fingerprint density at radius 1 is 0.547 bits per heavy atom. The normalized spacial score (nSPS) is 24.5. The number of carboxylic acids is 3. The number of likely N-dealkylation sites (N-methyl/N-ethyl adjacent to an activating group) is 3. The fraction of sp³-hybridized carbons (Fsp3) is 0.511. The number of aliphatic hydroxyl groups excluding tert-OH is 1. The van der Waals surface area contributed by atoms with Crippen molar-refractivity contribution < 1.29 is 117 Å². The van der Waals surface area contributed by atoms with Gasteiger partial charge in [0.2, 0.25) is 94.5 Å². The van der Waals surface area contributed by atoms with Crippen LogP contribution >= 0.6 is 11.8 Å². The zero-order valence-electron chi connectivity index (χ0n) is 76.8. The number of H-pyrrole nitrogens is 2. The molecule has 0 radical (unpaired) electrons. The molecule has 0 aliphatic carbocycles. The molecule has 9 rings (SSSR count). The van der Waals surface area contributed by atoms with E-state index in [1.807, 2.05) is 6.92 Å². The van der Waals surface area contributed by atoms with Crippen molar-refractivity contribution in [2.45, 2.75) is 227 Å². The second-order valence-electron chi connectivity index (χ2n) is 34.2. The minimum atomic E-state index is -1.96. The molecule has 3 saturated heterocycles. The molecule has 3 fully saturated rings. The molecule has 0 spiro atoms. The molecular weight excluding hydrogens is 1810 g/mol. The van der Waals surface area contributed by atoms with Gasteiger partial charge in [-0.2, -0.15) is 0 Å². The number of hydrogen-bond donors (Lipinski definition) is 20. The molecule has 0 saturated carbocycles. The monoisotopic (exact) mass is 1930 g/mol. The number of benzene rings is 3. The Morgan fingerprint density at radius 2 is 1.12 bits per heavy atom. The number of aliphatic carboxylic acids is 3. The first-order chi connectivity index (χ1) is 65.2. The van der Waals surface area contributed by atoms with E-state index >= 15 is 33.6 Å². The Labute approximate surface area is 791 Å². The van der Waals surface area contributed by atoms with Gasteiger partial charge in [0.25, 0.3) is 0 Å². The van der Waals surface area contributed by atoms with Gasteiger partial charge >= 0.3 is 17.9 Å². The molecule has 3 aromatic carbocycles. The van der Waals surface area contributed by atoms with Crippen molar-refractivity contribution in [3.63, 3.8) is 0 Å². The van der Waals surface area contributed by atoms with Gasteiger partial charge in [-0.25, -0.2) is 4.98 Å². The molecule has 3 aliphatic rings. The zero-order chi connectivity index (χ0) is 100. The molecule has 137 heavy (non-hydrogen) atoms. The first kappa shape index (κ1) is 107. The Bertz CT molecular complexity index is 5360. The average Bonchev–Trinajstić information content (AvgIpc) is 1.63. The quantitative estimate of drug-likeness (QED) is 0.0234. The lowest BCUT2D eigenvalue weighted by Crippen LogP contribution is -2.62. The number of carbonyl (C=O) groups excluding carboxylic acids is 16. The van der Waals surface area contributed by atoms with E-state index in [-0.39, 0.29) is 82.3 Å². The summed E-state index contributed by atoms with van der Waals surface area (Å²) in [5.74, 6) is -21.9. The molecule has 3 aromatic heterocycles. The molecule has 6 aromatic rings. The van der Waals surface area contributed by atoms with Crippen molar-refractivity contribution in [3.05, 3.63) is 120 Å². The molecule has 6 heterocycles. The maximum Gasteiger partial charge on any atom is 0.323 e. The van der Waals surface area contributed by atoms with Crippen LogP contribution in [0.5, 0.6) is 5.75 Å². The smallest absolute Gasteiger partial charge is 0.323 e. The number of nitrogens with two attached hydrogens (primary N) is 3. The number of para-hydroxylation sites is 2. The summed E-state index contributed by atoms with van der Waals surface area (Å²) in [5.41, 5.74) is 20.1. The third-order valence-electron chi connectivity index (χ3n) is 24.2. The zero-order valence-corrected chi connectivity index (χ0v) is 77.7. The minimum Gasteiger partial charge on any atom is -0.508 e. The summed E-state index contributed by atoms with van der Waals surface area (Å²) in [6.45, 7) is 1.72. The first-order valence-corrected chi connectivity index (χ1v) is 46.3. The second-order valence-corrected chi connectivity index (χ2v) is 35.2. The molecular formula is C90H122N22O24S. The summed E-state index contributed by atoms with van der Waals surface area (Å²) >= 11 is 0.723. The van der Waals surface area contributed by atoms with Gasteiger partial charge in [0.05, 0.1) is 36.8 Å². The predicted molar refractivity (Wildman–Crippen MR) is 493 cm³/mol. The number of nitrogens with one attached hydrogen (secondary N) is 12. The van der Waals surface area contributed by atoms with Crippen LogP contribution in [0.25, 0.3) is 21.8 Å². The highest BCUT2D eigenvalue weighted by atomic mass is 32.2. The SMILES string of the molecule is CCCC[C@H]1C(=O)N(C)[C@@H](CCCC)C(=O)N[C@@H](CN)C(=O)N[C@H](C(=O)NCC(N)=O)CSCC(=O)N[C@@H](Cc2ccc(O)cc2)C(=O)N(C)[C@@H](C)C(=O)N[C@H](CC(=O)O)C(=O)N2CCC[C@H]2C(=O)N[C@@H](Cc2c[nH]cn2)C(=O)N[C@@H](CCC(=O)O)C(=O)N2C[C@H](O)C[C@H]2C(=O)N[C@@H](Cc2c[nH]c3ccccc23)C(=O)N[C@@H](CCN)C(=O)N[C@@H](Cc2cn(CC(=O)O)c3ccccc23)C(=O)N1C. The topological polar surface area (TPSA) is 689 Å². The number of carbonyl (C=O) groups is 19. The number of imidazole rings is 1. The Hall–Kier alpha value is -14.1. The van der Waals surface area contributed by atoms with Crippen LogP contribution in [-0.2, 0) is 123 Å². The van der Waals surface area contributed by atoms with E-state index in [2.05, 4.69) is 68.1 Å². The Kier molecular flexibility index (Phi) is 39.3. The Morgan fingerprint density at radius 3 is 1.77 bits per heavy atom. The third-order valence-corrected chi connectivity index (χ3v) is 25.3. The predicted octanol–water partition coefficient (Wildman–Crippen LogP) is -3.90. The maximum absolute atomic E-state index is 15.9.